The maximum atomic E-state index is 14.3. The Kier molecular flexibility index (Phi) is 20.3. The van der Waals surface area contributed by atoms with Crippen molar-refractivity contribution in [2.75, 3.05) is 20.8 Å². The van der Waals surface area contributed by atoms with E-state index in [1.54, 1.807) is 41.9 Å². The molecule has 4 aliphatic rings. The van der Waals surface area contributed by atoms with Crippen molar-refractivity contribution in [2.24, 2.45) is 35.5 Å². The Bertz CT molecular complexity index is 1740. The first-order chi connectivity index (χ1) is 30.2. The van der Waals surface area contributed by atoms with Gasteiger partial charge in [0.15, 0.2) is 5.78 Å². The smallest absolute Gasteiger partial charge is 0.329 e. The molecule has 4 rings (SSSR count). The van der Waals surface area contributed by atoms with Crippen LogP contribution in [0.25, 0.3) is 0 Å². The van der Waals surface area contributed by atoms with Crippen molar-refractivity contribution in [3.05, 3.63) is 47.6 Å². The third-order valence-electron chi connectivity index (χ3n) is 14.2. The fraction of sp³-hybridized carbons (Fsp3) is 0.740. The number of ether oxygens (including phenoxy) is 4. The highest BCUT2D eigenvalue weighted by atomic mass is 16.6. The molecule has 0 aromatic carbocycles. The van der Waals surface area contributed by atoms with E-state index in [9.17, 15) is 44.4 Å². The maximum Gasteiger partial charge on any atom is 0.329 e. The Balaban J connectivity index is 1.69. The molecule has 1 amide bonds. The normalized spacial score (nSPS) is 38.2. The first kappa shape index (κ1) is 53.2. The van der Waals surface area contributed by atoms with Gasteiger partial charge in [-0.2, -0.15) is 0 Å². The number of nitrogens with zero attached hydrogens (tertiary/aromatic N) is 1. The molecule has 14 nitrogen and oxygen atoms in total. The van der Waals surface area contributed by atoms with Gasteiger partial charge in [0.2, 0.25) is 5.79 Å². The molecular formula is C50H77NO13. The van der Waals surface area contributed by atoms with Gasteiger partial charge in [-0.1, -0.05) is 71.1 Å². The number of aliphatic hydroxyl groups is 4. The Hall–Kier alpha value is -3.37. The molecule has 0 spiro atoms. The van der Waals surface area contributed by atoms with Gasteiger partial charge in [0, 0.05) is 51.4 Å². The molecule has 2 saturated heterocycles. The van der Waals surface area contributed by atoms with Crippen LogP contribution < -0.4 is 0 Å². The van der Waals surface area contributed by atoms with Gasteiger partial charge in [-0.05, 0) is 107 Å². The van der Waals surface area contributed by atoms with E-state index >= 15 is 0 Å². The summed E-state index contributed by atoms with van der Waals surface area (Å²) in [5, 5.41) is 44.5. The van der Waals surface area contributed by atoms with Crippen molar-refractivity contribution < 1.29 is 63.3 Å². The summed E-state index contributed by atoms with van der Waals surface area (Å²) in [7, 11) is 3.12. The highest BCUT2D eigenvalue weighted by Crippen LogP contribution is 2.38. The van der Waals surface area contributed by atoms with Crippen molar-refractivity contribution in [2.45, 2.75) is 180 Å². The highest BCUT2D eigenvalue weighted by molar-refractivity contribution is 6.39. The zero-order valence-corrected chi connectivity index (χ0v) is 39.6. The van der Waals surface area contributed by atoms with Gasteiger partial charge in [0.05, 0.1) is 24.4 Å². The van der Waals surface area contributed by atoms with Crippen LogP contribution in [-0.4, -0.2) is 130 Å². The lowest BCUT2D eigenvalue weighted by atomic mass is 9.78. The second kappa shape index (κ2) is 24.4. The van der Waals surface area contributed by atoms with Gasteiger partial charge in [-0.15, -0.1) is 0 Å². The summed E-state index contributed by atoms with van der Waals surface area (Å²) in [6.45, 7) is 12.4. The number of cyclic esters (lactones) is 1. The number of ketones is 3. The number of hydrogen-bond donors (Lipinski definition) is 4. The van der Waals surface area contributed by atoms with Crippen molar-refractivity contribution in [1.82, 2.24) is 4.90 Å². The summed E-state index contributed by atoms with van der Waals surface area (Å²) in [4.78, 5) is 71.2. The van der Waals surface area contributed by atoms with Crippen molar-refractivity contribution in [1.29, 1.82) is 0 Å². The van der Waals surface area contributed by atoms with Gasteiger partial charge in [-0.3, -0.25) is 19.2 Å². The van der Waals surface area contributed by atoms with E-state index in [2.05, 4.69) is 0 Å². The molecule has 2 bridgehead atoms. The van der Waals surface area contributed by atoms with Crippen molar-refractivity contribution in [3.8, 4) is 0 Å². The summed E-state index contributed by atoms with van der Waals surface area (Å²) < 4.78 is 23.7. The second-order valence-corrected chi connectivity index (χ2v) is 19.4. The van der Waals surface area contributed by atoms with E-state index < -0.39 is 89.6 Å². The number of fused-ring (bicyclic) bond motifs is 3. The SMILES string of the molecule is CO[C@H]1C[C@@H]2CC[C@@H](C)[C@@](O)(O2)C(=O)C(=O)N2CCCC[C@H]2C(=O)O[C@H]([C@H](C)C[C@@H]2CC[C@@H](O)[C@H](OC)C2)CC(=O)[C@H](C)C=C(C)[C@@H](O)[C@@H](O)C(=O)[C@H](C)C[C@H](C)C=CC=CC=C1C. The maximum absolute atomic E-state index is 14.3. The number of allylic oxidation sites excluding steroid dienone is 6. The van der Waals surface area contributed by atoms with Crippen LogP contribution in [0.1, 0.15) is 126 Å². The second-order valence-electron chi connectivity index (χ2n) is 19.4. The predicted molar refractivity (Wildman–Crippen MR) is 240 cm³/mol. The summed E-state index contributed by atoms with van der Waals surface area (Å²) in [6.07, 6.45) is 9.84. The summed E-state index contributed by atoms with van der Waals surface area (Å²) in [5.41, 5.74) is 1.11. The molecule has 1 aliphatic carbocycles. The minimum Gasteiger partial charge on any atom is -0.460 e. The van der Waals surface area contributed by atoms with E-state index in [1.807, 2.05) is 51.2 Å². The molecule has 3 aliphatic heterocycles. The molecular weight excluding hydrogens is 823 g/mol. The summed E-state index contributed by atoms with van der Waals surface area (Å²) in [5.74, 6) is -8.59. The Morgan fingerprint density at radius 3 is 2.25 bits per heavy atom. The van der Waals surface area contributed by atoms with Crippen LogP contribution in [0.3, 0.4) is 0 Å². The number of rotatable bonds is 5. The van der Waals surface area contributed by atoms with Crippen LogP contribution in [-0.2, 0) is 42.9 Å². The van der Waals surface area contributed by atoms with Crippen LogP contribution in [0.2, 0.25) is 0 Å². The lowest BCUT2D eigenvalue weighted by molar-refractivity contribution is -0.265. The lowest BCUT2D eigenvalue weighted by Crippen LogP contribution is -2.61. The van der Waals surface area contributed by atoms with E-state index in [0.717, 1.165) is 5.57 Å². The van der Waals surface area contributed by atoms with E-state index in [1.165, 1.54) is 11.0 Å². The molecule has 3 fully saturated rings. The van der Waals surface area contributed by atoms with Crippen LogP contribution in [0, 0.1) is 35.5 Å². The van der Waals surface area contributed by atoms with Gasteiger partial charge in [0.1, 0.15) is 30.1 Å². The Labute approximate surface area is 380 Å². The van der Waals surface area contributed by atoms with Crippen molar-refractivity contribution in [3.63, 3.8) is 0 Å². The average Bonchev–Trinajstić information content (AvgIpc) is 3.27. The fourth-order valence-electron chi connectivity index (χ4n) is 9.89. The minimum absolute atomic E-state index is 0.0365. The number of aliphatic hydroxyl groups excluding tert-OH is 3. The molecule has 0 aromatic rings. The van der Waals surface area contributed by atoms with E-state index in [4.69, 9.17) is 18.9 Å². The van der Waals surface area contributed by atoms with Crippen LogP contribution in [0.15, 0.2) is 47.6 Å². The third kappa shape index (κ3) is 13.8. The number of esters is 1. The topological polar surface area (TPSA) is 206 Å². The van der Waals surface area contributed by atoms with E-state index in [-0.39, 0.29) is 54.6 Å². The largest absolute Gasteiger partial charge is 0.460 e. The summed E-state index contributed by atoms with van der Waals surface area (Å²) >= 11 is 0. The molecule has 0 unspecified atom stereocenters. The van der Waals surface area contributed by atoms with Gasteiger partial charge < -0.3 is 44.3 Å². The standard InChI is InChI=1S/C50H77NO13/c1-29-15-11-10-12-16-30(2)41(61-8)27-37-20-18-35(7)50(60,64-37)47(57)48(58)51-22-14-13-17-38(51)49(59)63-42(32(4)25-36-19-21-39(52)43(26-36)62-9)28-40(53)31(3)24-34(6)45(55)46(56)44(54)33(5)23-29/h10-12,15-16,24,29,31-33,35-39,41-43,45-46,52,55-56,60H,13-14,17-23,25-28H2,1-9H3/t29-,31-,32-,33-,35-,36+,37+,38+,39-,41+,42+,43-,45-,46+,50-/m1/s1. The Morgan fingerprint density at radius 2 is 1.56 bits per heavy atom. The number of hydrogen-bond acceptors (Lipinski definition) is 13. The lowest BCUT2D eigenvalue weighted by Gasteiger charge is -2.42. The molecule has 360 valence electrons. The number of carbonyl (C=O) groups is 5. The zero-order valence-electron chi connectivity index (χ0n) is 39.6. The zero-order chi connectivity index (χ0) is 47.5. The fourth-order valence-corrected chi connectivity index (χ4v) is 9.89. The minimum atomic E-state index is -2.44. The molecule has 1 saturated carbocycles. The predicted octanol–water partition coefficient (Wildman–Crippen LogP) is 5.53. The summed E-state index contributed by atoms with van der Waals surface area (Å²) in [6, 6.07) is -1.15. The van der Waals surface area contributed by atoms with E-state index in [0.29, 0.717) is 64.2 Å². The van der Waals surface area contributed by atoms with Gasteiger partial charge in [-0.25, -0.2) is 4.79 Å². The molecule has 4 N–H and O–H groups in total. The van der Waals surface area contributed by atoms with Crippen LogP contribution in [0.5, 0.6) is 0 Å². The highest BCUT2D eigenvalue weighted by Gasteiger charge is 2.53. The average molecular weight is 900 g/mol. The number of piperidine rings is 1. The third-order valence-corrected chi connectivity index (χ3v) is 14.2. The quantitative estimate of drug-likeness (QED) is 0.153. The number of amides is 1. The Morgan fingerprint density at radius 1 is 0.844 bits per heavy atom. The van der Waals surface area contributed by atoms with Gasteiger partial charge >= 0.3 is 5.97 Å². The van der Waals surface area contributed by atoms with Crippen LogP contribution >= 0.6 is 0 Å². The molecule has 64 heavy (non-hydrogen) atoms. The molecule has 0 radical (unpaired) electrons. The van der Waals surface area contributed by atoms with Crippen molar-refractivity contribution >= 4 is 29.2 Å². The van der Waals surface area contributed by atoms with Crippen LogP contribution in [0.4, 0.5) is 0 Å². The number of carbonyl (C=O) groups excluding carboxylic acids is 5. The first-order valence-corrected chi connectivity index (χ1v) is 23.5. The molecule has 0 aromatic heterocycles. The monoisotopic (exact) mass is 900 g/mol. The first-order valence-electron chi connectivity index (χ1n) is 23.5. The number of Topliss-reactive ketones (excluding diaryl/α,β-unsaturated/α-hetero) is 3. The molecule has 14 heteroatoms. The van der Waals surface area contributed by atoms with Gasteiger partial charge in [0.25, 0.3) is 11.7 Å². The molecule has 3 heterocycles. The number of methoxy groups -OCH3 is 2. The molecule has 15 atom stereocenters.